The van der Waals surface area contributed by atoms with Crippen molar-refractivity contribution in [1.29, 1.82) is 0 Å². The number of hydrogen-bond acceptors (Lipinski definition) is 4. The summed E-state index contributed by atoms with van der Waals surface area (Å²) in [4.78, 5) is 13.5. The molecule has 5 rings (SSSR count). The van der Waals surface area contributed by atoms with Crippen molar-refractivity contribution in [3.63, 3.8) is 0 Å². The number of hydrogen-bond donors (Lipinski definition) is 1. The molecule has 1 aliphatic carbocycles. The van der Waals surface area contributed by atoms with Gasteiger partial charge in [-0.2, -0.15) is 5.10 Å². The lowest BCUT2D eigenvalue weighted by Crippen LogP contribution is -2.26. The Morgan fingerprint density at radius 1 is 1.20 bits per heavy atom. The number of fused-ring (bicyclic) bond motifs is 2. The van der Waals surface area contributed by atoms with E-state index in [0.29, 0.717) is 24.7 Å². The van der Waals surface area contributed by atoms with E-state index in [2.05, 4.69) is 36.0 Å². The number of rotatable bonds is 7. The van der Waals surface area contributed by atoms with E-state index in [0.717, 1.165) is 58.7 Å². The van der Waals surface area contributed by atoms with E-state index in [-0.39, 0.29) is 12.0 Å². The largest absolute Gasteiger partial charge is 0.489 e. The van der Waals surface area contributed by atoms with Gasteiger partial charge in [-0.15, -0.1) is 0 Å². The molecular formula is C27H29Cl2N3O3. The van der Waals surface area contributed by atoms with E-state index in [1.165, 1.54) is 11.1 Å². The average molecular weight is 514 g/mol. The monoisotopic (exact) mass is 513 g/mol. The molecule has 184 valence electrons. The number of carboxylic acid groups (broad SMARTS) is 1. The van der Waals surface area contributed by atoms with Crippen molar-refractivity contribution < 1.29 is 14.6 Å². The molecular weight excluding hydrogens is 485 g/mol. The van der Waals surface area contributed by atoms with Gasteiger partial charge in [0.1, 0.15) is 12.4 Å². The topological polar surface area (TPSA) is 67.6 Å². The third kappa shape index (κ3) is 4.92. The molecule has 1 aromatic heterocycles. The van der Waals surface area contributed by atoms with Crippen LogP contribution in [-0.2, 0) is 17.8 Å². The standard InChI is InChI=1S/C27H29Cl2N3O3/c1-16(2)32-24-8-3-17(11-23(24)26(29)30-32)15-35-21-6-7-22-18(12-21)4-5-19(25(22)28)13-31-10-9-20(14-31)27(33)34/h3,6-8,11-12,16,20H,4-5,9-10,13-15H2,1-2H3,(H,33,34)/t20-/m1/s1. The van der Waals surface area contributed by atoms with E-state index in [9.17, 15) is 9.90 Å². The number of aromatic nitrogens is 2. The van der Waals surface area contributed by atoms with Crippen molar-refractivity contribution in [3.05, 3.63) is 63.8 Å². The number of halogens is 2. The molecule has 0 spiro atoms. The van der Waals surface area contributed by atoms with E-state index >= 15 is 0 Å². The minimum Gasteiger partial charge on any atom is -0.489 e. The Balaban J connectivity index is 1.27. The first kappa shape index (κ1) is 24.2. The first-order valence-corrected chi connectivity index (χ1v) is 12.8. The van der Waals surface area contributed by atoms with Gasteiger partial charge in [0.25, 0.3) is 0 Å². The van der Waals surface area contributed by atoms with Crippen LogP contribution in [0.2, 0.25) is 5.15 Å². The number of carbonyl (C=O) groups is 1. The van der Waals surface area contributed by atoms with Crippen molar-refractivity contribution in [2.75, 3.05) is 19.6 Å². The number of benzene rings is 2. The van der Waals surface area contributed by atoms with Gasteiger partial charge in [-0.25, -0.2) is 0 Å². The number of ether oxygens (including phenoxy) is 1. The molecule has 0 amide bonds. The van der Waals surface area contributed by atoms with Crippen molar-refractivity contribution in [2.45, 2.75) is 45.8 Å². The minimum atomic E-state index is -0.706. The van der Waals surface area contributed by atoms with Crippen LogP contribution in [0.5, 0.6) is 5.75 Å². The summed E-state index contributed by atoms with van der Waals surface area (Å²) in [6.07, 6.45) is 2.47. The number of nitrogens with zero attached hydrogens (tertiary/aromatic N) is 3. The Kier molecular flexibility index (Phi) is 6.80. The number of aliphatic carboxylic acids is 1. The van der Waals surface area contributed by atoms with E-state index < -0.39 is 5.97 Å². The van der Waals surface area contributed by atoms with E-state index in [1.54, 1.807) is 0 Å². The fourth-order valence-corrected chi connectivity index (χ4v) is 5.63. The maximum Gasteiger partial charge on any atom is 0.307 e. The molecule has 2 aliphatic rings. The van der Waals surface area contributed by atoms with Crippen LogP contribution in [-0.4, -0.2) is 45.4 Å². The molecule has 1 atom stereocenters. The Hall–Kier alpha value is -2.54. The summed E-state index contributed by atoms with van der Waals surface area (Å²) < 4.78 is 8.05. The van der Waals surface area contributed by atoms with Gasteiger partial charge in [0.05, 0.1) is 11.4 Å². The predicted molar refractivity (Wildman–Crippen MR) is 139 cm³/mol. The van der Waals surface area contributed by atoms with Crippen LogP contribution >= 0.6 is 23.2 Å². The fraction of sp³-hybridized carbons (Fsp3) is 0.407. The SMILES string of the molecule is CC(C)n1nc(Cl)c2cc(COc3ccc4c(c3)CCC(CN3CC[C@@H](C(=O)O)C3)=C4Cl)ccc21. The summed E-state index contributed by atoms with van der Waals surface area (Å²) >= 11 is 13.2. The fourth-order valence-electron chi connectivity index (χ4n) is 5.06. The molecule has 0 saturated carbocycles. The lowest BCUT2D eigenvalue weighted by atomic mass is 9.91. The molecule has 1 N–H and O–H groups in total. The molecule has 6 nitrogen and oxygen atoms in total. The smallest absolute Gasteiger partial charge is 0.307 e. The van der Waals surface area contributed by atoms with Gasteiger partial charge in [0, 0.05) is 29.5 Å². The predicted octanol–water partition coefficient (Wildman–Crippen LogP) is 6.15. The van der Waals surface area contributed by atoms with Crippen LogP contribution in [0.4, 0.5) is 0 Å². The highest BCUT2D eigenvalue weighted by Crippen LogP contribution is 2.37. The zero-order chi connectivity index (χ0) is 24.7. The summed E-state index contributed by atoms with van der Waals surface area (Å²) in [5.74, 6) is -0.166. The second-order valence-electron chi connectivity index (χ2n) is 9.76. The number of carboxylic acids is 1. The third-order valence-corrected chi connectivity index (χ3v) is 7.73. The quantitative estimate of drug-likeness (QED) is 0.410. The summed E-state index contributed by atoms with van der Waals surface area (Å²) in [6, 6.07) is 12.4. The van der Waals surface area contributed by atoms with Crippen molar-refractivity contribution in [1.82, 2.24) is 14.7 Å². The molecule has 8 heteroatoms. The molecule has 1 fully saturated rings. The van der Waals surface area contributed by atoms with Gasteiger partial charge in [0.15, 0.2) is 5.15 Å². The van der Waals surface area contributed by atoms with Crippen LogP contribution in [0.3, 0.4) is 0 Å². The first-order valence-electron chi connectivity index (χ1n) is 12.1. The third-order valence-electron chi connectivity index (χ3n) is 6.98. The highest BCUT2D eigenvalue weighted by molar-refractivity contribution is 6.49. The zero-order valence-corrected chi connectivity index (χ0v) is 21.4. The van der Waals surface area contributed by atoms with Gasteiger partial charge >= 0.3 is 5.97 Å². The normalized spacial score (nSPS) is 18.5. The Morgan fingerprint density at radius 2 is 2.03 bits per heavy atom. The molecule has 1 saturated heterocycles. The Labute approximate surface area is 215 Å². The summed E-state index contributed by atoms with van der Waals surface area (Å²) in [5, 5.41) is 15.9. The van der Waals surface area contributed by atoms with Crippen LogP contribution in [0, 0.1) is 5.92 Å². The highest BCUT2D eigenvalue weighted by Gasteiger charge is 2.29. The molecule has 0 radical (unpaired) electrons. The van der Waals surface area contributed by atoms with Crippen LogP contribution < -0.4 is 4.74 Å². The average Bonchev–Trinajstić information content (AvgIpc) is 3.44. The van der Waals surface area contributed by atoms with Crippen LogP contribution in [0.1, 0.15) is 49.4 Å². The molecule has 0 bridgehead atoms. The van der Waals surface area contributed by atoms with E-state index in [1.807, 2.05) is 28.9 Å². The van der Waals surface area contributed by atoms with Gasteiger partial charge in [-0.3, -0.25) is 14.4 Å². The molecule has 2 aromatic carbocycles. The lowest BCUT2D eigenvalue weighted by molar-refractivity contribution is -0.141. The van der Waals surface area contributed by atoms with Crippen LogP contribution in [0.15, 0.2) is 42.0 Å². The molecule has 35 heavy (non-hydrogen) atoms. The molecule has 2 heterocycles. The minimum absolute atomic E-state index is 0.237. The highest BCUT2D eigenvalue weighted by atomic mass is 35.5. The lowest BCUT2D eigenvalue weighted by Gasteiger charge is -2.24. The maximum absolute atomic E-state index is 11.3. The second kappa shape index (κ2) is 9.84. The van der Waals surface area contributed by atoms with Gasteiger partial charge in [-0.05, 0) is 92.2 Å². The Morgan fingerprint density at radius 3 is 2.77 bits per heavy atom. The maximum atomic E-state index is 11.3. The van der Waals surface area contributed by atoms with Gasteiger partial charge in [0.2, 0.25) is 0 Å². The van der Waals surface area contributed by atoms with E-state index in [4.69, 9.17) is 27.9 Å². The van der Waals surface area contributed by atoms with Crippen molar-refractivity contribution >= 4 is 45.1 Å². The summed E-state index contributed by atoms with van der Waals surface area (Å²) in [5.41, 5.74) is 5.46. The van der Waals surface area contributed by atoms with Crippen molar-refractivity contribution in [3.8, 4) is 5.75 Å². The second-order valence-corrected chi connectivity index (χ2v) is 10.5. The van der Waals surface area contributed by atoms with Crippen molar-refractivity contribution in [2.24, 2.45) is 5.92 Å². The summed E-state index contributed by atoms with van der Waals surface area (Å²) in [7, 11) is 0. The van der Waals surface area contributed by atoms with Crippen LogP contribution in [0.25, 0.3) is 15.9 Å². The summed E-state index contributed by atoms with van der Waals surface area (Å²) in [6.45, 7) is 6.74. The van der Waals surface area contributed by atoms with Gasteiger partial charge in [-0.1, -0.05) is 29.3 Å². The zero-order valence-electron chi connectivity index (χ0n) is 19.9. The number of likely N-dealkylation sites (tertiary alicyclic amines) is 1. The molecule has 3 aromatic rings. The van der Waals surface area contributed by atoms with Gasteiger partial charge < -0.3 is 9.84 Å². The number of aryl methyl sites for hydroxylation is 1. The molecule has 1 aliphatic heterocycles. The molecule has 0 unspecified atom stereocenters. The Bertz CT molecular complexity index is 1310. The first-order chi connectivity index (χ1) is 16.8.